The lowest BCUT2D eigenvalue weighted by Crippen LogP contribution is -2.46. The molecule has 6 heteroatoms. The highest BCUT2D eigenvalue weighted by Crippen LogP contribution is 2.47. The van der Waals surface area contributed by atoms with Gasteiger partial charge in [0, 0.05) is 34.9 Å². The zero-order valence-electron chi connectivity index (χ0n) is 19.6. The molecule has 4 nitrogen and oxygen atoms in total. The quantitative estimate of drug-likeness (QED) is 0.456. The molecule has 34 heavy (non-hydrogen) atoms. The van der Waals surface area contributed by atoms with Crippen LogP contribution in [0.1, 0.15) is 35.1 Å². The molecular formula is C28H29ClFN3O. The summed E-state index contributed by atoms with van der Waals surface area (Å²) in [5.41, 5.74) is 5.97. The normalized spacial score (nSPS) is 17.1. The molecular weight excluding hydrogens is 449 g/mol. The summed E-state index contributed by atoms with van der Waals surface area (Å²) in [6, 6.07) is 18.7. The number of carbonyl (C=O) groups excluding carboxylic acids is 1. The van der Waals surface area contributed by atoms with Crippen LogP contribution in [-0.4, -0.2) is 30.6 Å². The molecule has 2 amide bonds. The molecule has 1 N–H and O–H groups in total. The zero-order valence-corrected chi connectivity index (χ0v) is 20.3. The molecule has 2 aliphatic heterocycles. The smallest absolute Gasteiger partial charge is 0.307 e. The molecule has 1 saturated heterocycles. The lowest BCUT2D eigenvalue weighted by Gasteiger charge is -2.40. The van der Waals surface area contributed by atoms with E-state index in [2.05, 4.69) is 35.3 Å². The van der Waals surface area contributed by atoms with Gasteiger partial charge in [0.2, 0.25) is 0 Å². The van der Waals surface area contributed by atoms with Gasteiger partial charge in [-0.05, 0) is 86.8 Å². The molecule has 0 unspecified atom stereocenters. The van der Waals surface area contributed by atoms with Crippen molar-refractivity contribution in [1.29, 1.82) is 0 Å². The lowest BCUT2D eigenvalue weighted by molar-refractivity contribution is 0.160. The Morgan fingerprint density at radius 2 is 1.82 bits per heavy atom. The van der Waals surface area contributed by atoms with E-state index in [1.54, 1.807) is 12.1 Å². The van der Waals surface area contributed by atoms with Gasteiger partial charge in [-0.15, -0.1) is 0 Å². The Kier molecular flexibility index (Phi) is 6.09. The first-order valence-electron chi connectivity index (χ1n) is 11.8. The van der Waals surface area contributed by atoms with E-state index >= 15 is 0 Å². The fourth-order valence-corrected chi connectivity index (χ4v) is 5.52. The number of anilines is 2. The average Bonchev–Trinajstić information content (AvgIpc) is 3.12. The molecule has 0 atom stereocenters. The standard InChI is InChI=1S/C28H29ClFN3O/c1-19-9-10-26-23(15-19)28(11-13-32(14-12-28)17-21-5-3-6-22(30)16-21)18-33(26)27(34)31-25-8-4-7-24(29)20(25)2/h3-10,15-16H,11-14,17-18H2,1-2H3,(H,31,34). The molecule has 0 radical (unpaired) electrons. The van der Waals surface area contributed by atoms with Crippen LogP contribution in [0.3, 0.4) is 0 Å². The van der Waals surface area contributed by atoms with Crippen LogP contribution in [0, 0.1) is 19.7 Å². The van der Waals surface area contributed by atoms with Gasteiger partial charge in [-0.2, -0.15) is 0 Å². The zero-order chi connectivity index (χ0) is 23.9. The van der Waals surface area contributed by atoms with E-state index in [0.717, 1.165) is 55.0 Å². The molecule has 0 bridgehead atoms. The third-order valence-electron chi connectivity index (χ3n) is 7.34. The van der Waals surface area contributed by atoms with Crippen LogP contribution in [0.5, 0.6) is 0 Å². The Bertz CT molecular complexity index is 1240. The van der Waals surface area contributed by atoms with E-state index in [1.807, 2.05) is 36.1 Å². The number of rotatable bonds is 3. The molecule has 3 aromatic carbocycles. The number of likely N-dealkylation sites (tertiary alicyclic amines) is 1. The first kappa shape index (κ1) is 22.9. The number of amides is 2. The minimum absolute atomic E-state index is 0.0689. The van der Waals surface area contributed by atoms with Crippen LogP contribution in [0.25, 0.3) is 0 Å². The van der Waals surface area contributed by atoms with Crippen molar-refractivity contribution >= 4 is 29.0 Å². The summed E-state index contributed by atoms with van der Waals surface area (Å²) in [7, 11) is 0. The molecule has 1 spiro atoms. The van der Waals surface area contributed by atoms with E-state index in [1.165, 1.54) is 17.2 Å². The summed E-state index contributed by atoms with van der Waals surface area (Å²) in [5.74, 6) is -0.192. The number of urea groups is 1. The predicted molar refractivity (Wildman–Crippen MR) is 136 cm³/mol. The second-order valence-corrected chi connectivity index (χ2v) is 10.0. The molecule has 3 aromatic rings. The molecule has 2 heterocycles. The Balaban J connectivity index is 1.36. The second-order valence-electron chi connectivity index (χ2n) is 9.64. The maximum Gasteiger partial charge on any atom is 0.326 e. The number of hydrogen-bond donors (Lipinski definition) is 1. The van der Waals surface area contributed by atoms with Crippen molar-refractivity contribution in [2.45, 2.75) is 38.6 Å². The van der Waals surface area contributed by atoms with Crippen molar-refractivity contribution in [2.24, 2.45) is 0 Å². The Labute approximate surface area is 205 Å². The fourth-order valence-electron chi connectivity index (χ4n) is 5.35. The van der Waals surface area contributed by atoms with Gasteiger partial charge < -0.3 is 5.32 Å². The molecule has 0 saturated carbocycles. The minimum Gasteiger partial charge on any atom is -0.307 e. The number of halogens is 2. The predicted octanol–water partition coefficient (Wildman–Crippen LogP) is 6.68. The monoisotopic (exact) mass is 477 g/mol. The molecule has 1 fully saturated rings. The summed E-state index contributed by atoms with van der Waals surface area (Å²) < 4.78 is 13.6. The number of piperidine rings is 1. The number of nitrogens with one attached hydrogen (secondary N) is 1. The van der Waals surface area contributed by atoms with E-state index in [4.69, 9.17) is 11.6 Å². The van der Waals surface area contributed by atoms with Crippen LogP contribution in [0.4, 0.5) is 20.6 Å². The maximum atomic E-state index is 13.6. The van der Waals surface area contributed by atoms with Gasteiger partial charge in [0.1, 0.15) is 5.82 Å². The van der Waals surface area contributed by atoms with Gasteiger partial charge in [0.15, 0.2) is 0 Å². The van der Waals surface area contributed by atoms with E-state index < -0.39 is 0 Å². The molecule has 2 aliphatic rings. The van der Waals surface area contributed by atoms with Crippen molar-refractivity contribution in [2.75, 3.05) is 29.9 Å². The van der Waals surface area contributed by atoms with Crippen LogP contribution in [0.2, 0.25) is 5.02 Å². The van der Waals surface area contributed by atoms with Crippen LogP contribution < -0.4 is 10.2 Å². The Morgan fingerprint density at radius 3 is 2.59 bits per heavy atom. The van der Waals surface area contributed by atoms with E-state index in [0.29, 0.717) is 11.6 Å². The van der Waals surface area contributed by atoms with Gasteiger partial charge >= 0.3 is 6.03 Å². The minimum atomic E-state index is -0.192. The summed E-state index contributed by atoms with van der Waals surface area (Å²) in [6.45, 7) is 7.23. The number of aryl methyl sites for hydroxylation is 1. The summed E-state index contributed by atoms with van der Waals surface area (Å²) in [4.78, 5) is 17.7. The van der Waals surface area contributed by atoms with Gasteiger partial charge in [0.25, 0.3) is 0 Å². The van der Waals surface area contributed by atoms with Crippen LogP contribution >= 0.6 is 11.6 Å². The van der Waals surface area contributed by atoms with Gasteiger partial charge in [-0.3, -0.25) is 9.80 Å². The molecule has 0 aliphatic carbocycles. The topological polar surface area (TPSA) is 35.6 Å². The van der Waals surface area contributed by atoms with Gasteiger partial charge in [-0.1, -0.05) is 47.5 Å². The third-order valence-corrected chi connectivity index (χ3v) is 7.75. The second kappa shape index (κ2) is 9.05. The van der Waals surface area contributed by atoms with Gasteiger partial charge in [-0.25, -0.2) is 9.18 Å². The maximum absolute atomic E-state index is 13.6. The average molecular weight is 478 g/mol. The van der Waals surface area contributed by atoms with E-state index in [-0.39, 0.29) is 17.3 Å². The van der Waals surface area contributed by atoms with Crippen LogP contribution in [0.15, 0.2) is 60.7 Å². The fraction of sp³-hybridized carbons (Fsp3) is 0.321. The number of benzene rings is 3. The first-order chi connectivity index (χ1) is 16.3. The summed E-state index contributed by atoms with van der Waals surface area (Å²) >= 11 is 6.26. The highest BCUT2D eigenvalue weighted by molar-refractivity contribution is 6.31. The van der Waals surface area contributed by atoms with Crippen molar-refractivity contribution < 1.29 is 9.18 Å². The Hall–Kier alpha value is -2.89. The highest BCUT2D eigenvalue weighted by Gasteiger charge is 2.46. The first-order valence-corrected chi connectivity index (χ1v) is 12.1. The Morgan fingerprint density at radius 1 is 1.06 bits per heavy atom. The highest BCUT2D eigenvalue weighted by atomic mass is 35.5. The lowest BCUT2D eigenvalue weighted by atomic mass is 9.74. The van der Waals surface area contributed by atoms with Crippen molar-refractivity contribution in [1.82, 2.24) is 4.90 Å². The summed E-state index contributed by atoms with van der Waals surface area (Å²) in [5, 5.41) is 3.71. The third kappa shape index (κ3) is 4.30. The van der Waals surface area contributed by atoms with Gasteiger partial charge in [0.05, 0.1) is 0 Å². The molecule has 5 rings (SSSR count). The number of carbonyl (C=O) groups is 1. The van der Waals surface area contributed by atoms with Crippen molar-refractivity contribution in [3.8, 4) is 0 Å². The van der Waals surface area contributed by atoms with Crippen LogP contribution in [-0.2, 0) is 12.0 Å². The largest absolute Gasteiger partial charge is 0.326 e. The summed E-state index contributed by atoms with van der Waals surface area (Å²) in [6.07, 6.45) is 1.91. The molecule has 176 valence electrons. The number of nitrogens with zero attached hydrogens (tertiary/aromatic N) is 2. The SMILES string of the molecule is Cc1ccc2c(c1)C1(CCN(Cc3cccc(F)c3)CC1)CN2C(=O)Nc1cccc(Cl)c1C. The van der Waals surface area contributed by atoms with Crippen molar-refractivity contribution in [3.05, 3.63) is 93.8 Å². The van der Waals surface area contributed by atoms with E-state index in [9.17, 15) is 9.18 Å². The van der Waals surface area contributed by atoms with Crippen molar-refractivity contribution in [3.63, 3.8) is 0 Å². The number of fused-ring (bicyclic) bond motifs is 2. The molecule has 0 aromatic heterocycles. The number of hydrogen-bond acceptors (Lipinski definition) is 2.